The van der Waals surface area contributed by atoms with Crippen molar-refractivity contribution >= 4 is 18.3 Å². The van der Waals surface area contributed by atoms with Crippen LogP contribution in [0, 0.1) is 18.8 Å². The Kier molecular flexibility index (Phi) is 4.95. The van der Waals surface area contributed by atoms with E-state index < -0.39 is 0 Å². The van der Waals surface area contributed by atoms with Crippen LogP contribution in [0.5, 0.6) is 0 Å². The molecule has 2 saturated heterocycles. The van der Waals surface area contributed by atoms with Crippen LogP contribution in [0.15, 0.2) is 24.3 Å². The maximum Gasteiger partial charge on any atom is 0.292 e. The summed E-state index contributed by atoms with van der Waals surface area (Å²) in [6, 6.07) is 8.60. The second kappa shape index (κ2) is 7.24. The lowest BCUT2D eigenvalue weighted by Crippen LogP contribution is -2.36. The van der Waals surface area contributed by atoms with E-state index in [-0.39, 0.29) is 24.4 Å². The fourth-order valence-electron chi connectivity index (χ4n) is 5.04. The van der Waals surface area contributed by atoms with Crippen LogP contribution < -0.4 is 5.32 Å². The topological polar surface area (TPSA) is 63.1 Å². The smallest absolute Gasteiger partial charge is 0.292 e. The van der Waals surface area contributed by atoms with Crippen molar-refractivity contribution in [1.82, 2.24) is 25.0 Å². The first kappa shape index (κ1) is 18.4. The molecule has 1 N–H and O–H groups in total. The first-order chi connectivity index (χ1) is 12.7. The van der Waals surface area contributed by atoms with E-state index in [0.29, 0.717) is 17.7 Å². The molecule has 1 aromatic carbocycles. The zero-order valence-electron chi connectivity index (χ0n) is 15.6. The van der Waals surface area contributed by atoms with Gasteiger partial charge in [-0.1, -0.05) is 24.3 Å². The highest BCUT2D eigenvalue weighted by Crippen LogP contribution is 2.44. The molecule has 4 heterocycles. The molecule has 0 unspecified atom stereocenters. The summed E-state index contributed by atoms with van der Waals surface area (Å²) in [5.41, 5.74) is 2.53. The van der Waals surface area contributed by atoms with Crippen molar-refractivity contribution in [2.75, 3.05) is 19.6 Å². The van der Waals surface area contributed by atoms with E-state index >= 15 is 0 Å². The summed E-state index contributed by atoms with van der Waals surface area (Å²) in [7, 11) is 0. The summed E-state index contributed by atoms with van der Waals surface area (Å²) in [6.07, 6.45) is 3.16. The number of nitrogens with one attached hydrogen (secondary N) is 1. The van der Waals surface area contributed by atoms with Gasteiger partial charge in [0.25, 0.3) is 5.91 Å². The number of fused-ring (bicyclic) bond motifs is 2. The van der Waals surface area contributed by atoms with Crippen LogP contribution in [0.1, 0.15) is 46.5 Å². The first-order valence-electron chi connectivity index (χ1n) is 9.73. The monoisotopic (exact) mass is 387 g/mol. The number of amides is 1. The van der Waals surface area contributed by atoms with Crippen molar-refractivity contribution in [3.05, 3.63) is 47.0 Å². The van der Waals surface area contributed by atoms with Gasteiger partial charge in [0.15, 0.2) is 0 Å². The lowest BCUT2D eigenvalue weighted by Gasteiger charge is -2.29. The van der Waals surface area contributed by atoms with E-state index in [1.165, 1.54) is 11.1 Å². The van der Waals surface area contributed by atoms with E-state index in [1.54, 1.807) is 0 Å². The predicted octanol–water partition coefficient (Wildman–Crippen LogP) is 2.38. The van der Waals surface area contributed by atoms with Crippen LogP contribution in [-0.4, -0.2) is 45.2 Å². The Morgan fingerprint density at radius 1 is 1.19 bits per heavy atom. The molecule has 3 aliphatic rings. The summed E-state index contributed by atoms with van der Waals surface area (Å²) in [5, 5.41) is 12.1. The van der Waals surface area contributed by atoms with Crippen molar-refractivity contribution in [2.45, 2.75) is 38.8 Å². The Morgan fingerprint density at radius 3 is 2.89 bits per heavy atom. The Hall–Kier alpha value is -1.92. The van der Waals surface area contributed by atoms with Gasteiger partial charge in [0.1, 0.15) is 5.82 Å². The van der Waals surface area contributed by atoms with E-state index in [2.05, 4.69) is 51.6 Å². The summed E-state index contributed by atoms with van der Waals surface area (Å²) in [5.74, 6) is 2.55. The molecule has 5 rings (SSSR count). The van der Waals surface area contributed by atoms with Crippen LogP contribution in [0.2, 0.25) is 0 Å². The maximum absolute atomic E-state index is 13.5. The third-order valence-electron chi connectivity index (χ3n) is 6.38. The van der Waals surface area contributed by atoms with Crippen LogP contribution in [0.25, 0.3) is 0 Å². The van der Waals surface area contributed by atoms with Gasteiger partial charge < -0.3 is 14.8 Å². The van der Waals surface area contributed by atoms with Gasteiger partial charge in [0, 0.05) is 38.5 Å². The number of aromatic nitrogens is 3. The first-order valence-corrected chi connectivity index (χ1v) is 9.73. The fourth-order valence-corrected chi connectivity index (χ4v) is 5.04. The van der Waals surface area contributed by atoms with E-state index in [9.17, 15) is 4.79 Å². The van der Waals surface area contributed by atoms with E-state index in [1.807, 2.05) is 4.57 Å². The molecule has 1 amide bonds. The highest BCUT2D eigenvalue weighted by molar-refractivity contribution is 5.91. The Balaban J connectivity index is 0.00000180. The maximum atomic E-state index is 13.5. The largest absolute Gasteiger partial charge is 0.328 e. The molecule has 144 valence electrons. The molecular formula is C20H26ClN5O. The van der Waals surface area contributed by atoms with E-state index in [4.69, 9.17) is 0 Å². The van der Waals surface area contributed by atoms with Gasteiger partial charge in [-0.15, -0.1) is 22.6 Å². The van der Waals surface area contributed by atoms with Gasteiger partial charge in [0.05, 0.1) is 6.04 Å². The lowest BCUT2D eigenvalue weighted by atomic mass is 9.87. The van der Waals surface area contributed by atoms with Crippen LogP contribution in [0.3, 0.4) is 0 Å². The summed E-state index contributed by atoms with van der Waals surface area (Å²) >= 11 is 0. The average Bonchev–Trinajstić information content (AvgIpc) is 3.36. The van der Waals surface area contributed by atoms with Crippen LogP contribution in [0.4, 0.5) is 0 Å². The molecule has 0 radical (unpaired) electrons. The number of hydrogen-bond donors (Lipinski definition) is 1. The molecule has 2 fully saturated rings. The van der Waals surface area contributed by atoms with Gasteiger partial charge in [-0.2, -0.15) is 0 Å². The van der Waals surface area contributed by atoms with Gasteiger partial charge >= 0.3 is 0 Å². The minimum Gasteiger partial charge on any atom is -0.328 e. The van der Waals surface area contributed by atoms with Gasteiger partial charge in [-0.25, -0.2) is 0 Å². The third-order valence-corrected chi connectivity index (χ3v) is 6.38. The Labute approximate surface area is 165 Å². The SMILES string of the molecule is Cc1ccccc1[C@@H]1[C@H]2CNC[C@H]2CN1C(=O)c1nnc2n1CCCC2.Cl. The minimum atomic E-state index is 0. The number of likely N-dealkylation sites (tertiary alicyclic amines) is 1. The number of halogens is 1. The minimum absolute atomic E-state index is 0. The van der Waals surface area contributed by atoms with Crippen molar-refractivity contribution in [2.24, 2.45) is 11.8 Å². The van der Waals surface area contributed by atoms with Gasteiger partial charge in [-0.05, 0) is 36.8 Å². The number of carbonyl (C=O) groups excluding carboxylic acids is 1. The molecule has 1 aromatic heterocycles. The molecular weight excluding hydrogens is 362 g/mol. The van der Waals surface area contributed by atoms with Crippen molar-refractivity contribution in [1.29, 1.82) is 0 Å². The zero-order chi connectivity index (χ0) is 17.7. The lowest BCUT2D eigenvalue weighted by molar-refractivity contribution is 0.0694. The molecule has 0 bridgehead atoms. The molecule has 2 aromatic rings. The summed E-state index contributed by atoms with van der Waals surface area (Å²) in [6.45, 7) is 5.78. The normalized spacial score (nSPS) is 26.4. The zero-order valence-corrected chi connectivity index (χ0v) is 16.4. The van der Waals surface area contributed by atoms with Crippen molar-refractivity contribution < 1.29 is 4.79 Å². The number of benzene rings is 1. The number of rotatable bonds is 2. The van der Waals surface area contributed by atoms with Crippen LogP contribution >= 0.6 is 12.4 Å². The number of carbonyl (C=O) groups is 1. The fraction of sp³-hybridized carbons (Fsp3) is 0.550. The second-order valence-electron chi connectivity index (χ2n) is 7.89. The standard InChI is InChI=1S/C20H25N5O.ClH/c1-13-6-2-3-7-15(13)18-16-11-21-10-14(16)12-25(18)20(26)19-23-22-17-8-4-5-9-24(17)19;/h2-3,6-7,14,16,18,21H,4-5,8-12H2,1H3;1H/t14-,16-,18+;/m0./s1. The molecule has 0 saturated carbocycles. The number of aryl methyl sites for hydroxylation is 2. The molecule has 27 heavy (non-hydrogen) atoms. The summed E-state index contributed by atoms with van der Waals surface area (Å²) < 4.78 is 2.05. The molecule has 0 spiro atoms. The second-order valence-corrected chi connectivity index (χ2v) is 7.89. The quantitative estimate of drug-likeness (QED) is 0.859. The van der Waals surface area contributed by atoms with Crippen molar-refractivity contribution in [3.8, 4) is 0 Å². The third kappa shape index (κ3) is 2.95. The Bertz CT molecular complexity index is 851. The highest BCUT2D eigenvalue weighted by atomic mass is 35.5. The van der Waals surface area contributed by atoms with Crippen LogP contribution in [-0.2, 0) is 13.0 Å². The Morgan fingerprint density at radius 2 is 2.04 bits per heavy atom. The molecule has 6 nitrogen and oxygen atoms in total. The van der Waals surface area contributed by atoms with Gasteiger partial charge in [-0.3, -0.25) is 4.79 Å². The molecule has 3 aliphatic heterocycles. The number of hydrogen-bond acceptors (Lipinski definition) is 4. The molecule has 3 atom stereocenters. The van der Waals surface area contributed by atoms with E-state index in [0.717, 1.165) is 51.3 Å². The van der Waals surface area contributed by atoms with Gasteiger partial charge in [0.2, 0.25) is 5.82 Å². The average molecular weight is 388 g/mol. The number of nitrogens with zero attached hydrogens (tertiary/aromatic N) is 4. The predicted molar refractivity (Wildman–Crippen MR) is 105 cm³/mol. The summed E-state index contributed by atoms with van der Waals surface area (Å²) in [4.78, 5) is 15.6. The van der Waals surface area contributed by atoms with Crippen molar-refractivity contribution in [3.63, 3.8) is 0 Å². The molecule has 0 aliphatic carbocycles. The highest BCUT2D eigenvalue weighted by Gasteiger charge is 2.48. The molecule has 7 heteroatoms.